The SMILES string of the molecule is Nc1ccc(CSc2ncccn2)c(Cl)c1. The zero-order valence-corrected chi connectivity index (χ0v) is 10.0. The summed E-state index contributed by atoms with van der Waals surface area (Å²) in [7, 11) is 0. The van der Waals surface area contributed by atoms with Crippen LogP contribution < -0.4 is 5.73 Å². The fraction of sp³-hybridized carbons (Fsp3) is 0.0909. The molecule has 16 heavy (non-hydrogen) atoms. The van der Waals surface area contributed by atoms with Crippen LogP contribution in [0, 0.1) is 0 Å². The molecule has 3 nitrogen and oxygen atoms in total. The van der Waals surface area contributed by atoms with Crippen LogP contribution in [0.1, 0.15) is 5.56 Å². The summed E-state index contributed by atoms with van der Waals surface area (Å²) in [4.78, 5) is 8.25. The van der Waals surface area contributed by atoms with E-state index < -0.39 is 0 Å². The lowest BCUT2D eigenvalue weighted by molar-refractivity contribution is 0.966. The molecule has 0 atom stereocenters. The molecular formula is C11H10ClN3S. The second-order valence-corrected chi connectivity index (χ2v) is 4.52. The highest BCUT2D eigenvalue weighted by molar-refractivity contribution is 7.98. The van der Waals surface area contributed by atoms with Gasteiger partial charge < -0.3 is 5.73 Å². The van der Waals surface area contributed by atoms with E-state index in [0.29, 0.717) is 10.7 Å². The number of halogens is 1. The maximum Gasteiger partial charge on any atom is 0.187 e. The highest BCUT2D eigenvalue weighted by Gasteiger charge is 2.02. The minimum atomic E-state index is 0.676. The van der Waals surface area contributed by atoms with Gasteiger partial charge in [-0.3, -0.25) is 0 Å². The second-order valence-electron chi connectivity index (χ2n) is 3.17. The van der Waals surface area contributed by atoms with Crippen LogP contribution in [0.3, 0.4) is 0 Å². The van der Waals surface area contributed by atoms with Gasteiger partial charge in [0.05, 0.1) is 0 Å². The molecule has 1 heterocycles. The summed E-state index contributed by atoms with van der Waals surface area (Å²) >= 11 is 7.61. The highest BCUT2D eigenvalue weighted by Crippen LogP contribution is 2.25. The first-order valence-electron chi connectivity index (χ1n) is 4.69. The van der Waals surface area contributed by atoms with Crippen molar-refractivity contribution in [2.45, 2.75) is 10.9 Å². The van der Waals surface area contributed by atoms with E-state index in [1.54, 1.807) is 36.3 Å². The normalized spacial score (nSPS) is 10.3. The summed E-state index contributed by atoms with van der Waals surface area (Å²) in [6.07, 6.45) is 3.44. The largest absolute Gasteiger partial charge is 0.399 e. The number of aromatic nitrogens is 2. The molecule has 1 aromatic carbocycles. The zero-order valence-electron chi connectivity index (χ0n) is 8.43. The number of thioether (sulfide) groups is 1. The molecule has 0 bridgehead atoms. The zero-order chi connectivity index (χ0) is 11.4. The van der Waals surface area contributed by atoms with Crippen molar-refractivity contribution in [1.29, 1.82) is 0 Å². The number of benzene rings is 1. The van der Waals surface area contributed by atoms with E-state index in [4.69, 9.17) is 17.3 Å². The minimum absolute atomic E-state index is 0.676. The topological polar surface area (TPSA) is 51.8 Å². The number of nitrogen functional groups attached to an aromatic ring is 1. The maximum absolute atomic E-state index is 6.06. The van der Waals surface area contributed by atoms with Gasteiger partial charge in [-0.1, -0.05) is 29.4 Å². The second kappa shape index (κ2) is 5.18. The number of nitrogens with zero attached hydrogens (tertiary/aromatic N) is 2. The average Bonchev–Trinajstić information content (AvgIpc) is 2.29. The van der Waals surface area contributed by atoms with Crippen LogP contribution in [0.2, 0.25) is 5.02 Å². The third-order valence-electron chi connectivity index (χ3n) is 1.98. The summed E-state index contributed by atoms with van der Waals surface area (Å²) in [6, 6.07) is 7.31. The fourth-order valence-electron chi connectivity index (χ4n) is 1.18. The number of rotatable bonds is 3. The quantitative estimate of drug-likeness (QED) is 0.518. The van der Waals surface area contributed by atoms with E-state index in [1.165, 1.54) is 0 Å². The molecule has 0 amide bonds. The van der Waals surface area contributed by atoms with Gasteiger partial charge in [-0.05, 0) is 23.8 Å². The van der Waals surface area contributed by atoms with Crippen molar-refractivity contribution in [3.8, 4) is 0 Å². The Morgan fingerprint density at radius 1 is 1.25 bits per heavy atom. The Bertz CT molecular complexity index is 476. The molecule has 0 spiro atoms. The number of nitrogens with two attached hydrogens (primary N) is 1. The summed E-state index contributed by atoms with van der Waals surface area (Å²) in [5.41, 5.74) is 7.33. The van der Waals surface area contributed by atoms with Gasteiger partial charge in [-0.15, -0.1) is 0 Å². The summed E-state index contributed by atoms with van der Waals surface area (Å²) in [6.45, 7) is 0. The first-order chi connectivity index (χ1) is 7.75. The molecule has 0 radical (unpaired) electrons. The van der Waals surface area contributed by atoms with E-state index in [-0.39, 0.29) is 0 Å². The van der Waals surface area contributed by atoms with Crippen molar-refractivity contribution >= 4 is 29.1 Å². The molecule has 82 valence electrons. The van der Waals surface area contributed by atoms with Gasteiger partial charge >= 0.3 is 0 Å². The van der Waals surface area contributed by atoms with Crippen molar-refractivity contribution < 1.29 is 0 Å². The monoisotopic (exact) mass is 251 g/mol. The van der Waals surface area contributed by atoms with Crippen LogP contribution in [-0.2, 0) is 5.75 Å². The van der Waals surface area contributed by atoms with Crippen molar-refractivity contribution in [2.75, 3.05) is 5.73 Å². The van der Waals surface area contributed by atoms with E-state index in [0.717, 1.165) is 16.5 Å². The first kappa shape index (κ1) is 11.2. The number of hydrogen-bond donors (Lipinski definition) is 1. The molecule has 2 rings (SSSR count). The number of anilines is 1. The Morgan fingerprint density at radius 2 is 2.00 bits per heavy atom. The molecule has 2 aromatic rings. The van der Waals surface area contributed by atoms with Crippen molar-refractivity contribution in [3.63, 3.8) is 0 Å². The Balaban J connectivity index is 2.05. The predicted molar refractivity (Wildman–Crippen MR) is 67.5 cm³/mol. The molecule has 1 aromatic heterocycles. The van der Waals surface area contributed by atoms with Crippen LogP contribution in [0.15, 0.2) is 41.8 Å². The lowest BCUT2D eigenvalue weighted by Crippen LogP contribution is -1.89. The fourth-order valence-corrected chi connectivity index (χ4v) is 2.33. The third kappa shape index (κ3) is 2.87. The molecule has 0 aliphatic carbocycles. The molecule has 0 aliphatic rings. The molecule has 0 fully saturated rings. The van der Waals surface area contributed by atoms with Crippen LogP contribution >= 0.6 is 23.4 Å². The average molecular weight is 252 g/mol. The van der Waals surface area contributed by atoms with Crippen molar-refractivity contribution in [1.82, 2.24) is 9.97 Å². The van der Waals surface area contributed by atoms with E-state index in [1.807, 2.05) is 12.1 Å². The Kier molecular flexibility index (Phi) is 3.64. The molecule has 0 unspecified atom stereocenters. The number of hydrogen-bond acceptors (Lipinski definition) is 4. The maximum atomic E-state index is 6.06. The minimum Gasteiger partial charge on any atom is -0.399 e. The highest BCUT2D eigenvalue weighted by atomic mass is 35.5. The molecule has 5 heteroatoms. The Hall–Kier alpha value is -1.26. The Labute approximate surface area is 103 Å². The van der Waals surface area contributed by atoms with Gasteiger partial charge in [0.2, 0.25) is 0 Å². The molecule has 0 saturated heterocycles. The van der Waals surface area contributed by atoms with Gasteiger partial charge in [0.15, 0.2) is 5.16 Å². The molecule has 0 saturated carbocycles. The summed E-state index contributed by atoms with van der Waals surface area (Å²) < 4.78 is 0. The van der Waals surface area contributed by atoms with E-state index >= 15 is 0 Å². The van der Waals surface area contributed by atoms with Crippen LogP contribution in [0.4, 0.5) is 5.69 Å². The van der Waals surface area contributed by atoms with E-state index in [9.17, 15) is 0 Å². The van der Waals surface area contributed by atoms with Crippen LogP contribution in [-0.4, -0.2) is 9.97 Å². The van der Waals surface area contributed by atoms with Crippen LogP contribution in [0.25, 0.3) is 0 Å². The molecule has 2 N–H and O–H groups in total. The summed E-state index contributed by atoms with van der Waals surface area (Å²) in [5, 5.41) is 1.43. The smallest absolute Gasteiger partial charge is 0.187 e. The van der Waals surface area contributed by atoms with Gasteiger partial charge in [-0.2, -0.15) is 0 Å². The van der Waals surface area contributed by atoms with Gasteiger partial charge in [0.1, 0.15) is 0 Å². The molecule has 0 aliphatic heterocycles. The Morgan fingerprint density at radius 3 is 2.69 bits per heavy atom. The van der Waals surface area contributed by atoms with Gasteiger partial charge in [0, 0.05) is 28.9 Å². The summed E-state index contributed by atoms with van der Waals surface area (Å²) in [5.74, 6) is 0.739. The van der Waals surface area contributed by atoms with Crippen LogP contribution in [0.5, 0.6) is 0 Å². The predicted octanol–water partition coefficient (Wildman–Crippen LogP) is 3.00. The molecular weight excluding hydrogens is 242 g/mol. The van der Waals surface area contributed by atoms with Crippen molar-refractivity contribution in [2.24, 2.45) is 0 Å². The van der Waals surface area contributed by atoms with Crippen molar-refractivity contribution in [3.05, 3.63) is 47.2 Å². The lowest BCUT2D eigenvalue weighted by atomic mass is 10.2. The first-order valence-corrected chi connectivity index (χ1v) is 6.06. The standard InChI is InChI=1S/C11H10ClN3S/c12-10-6-9(13)3-2-8(10)7-16-11-14-4-1-5-15-11/h1-6H,7,13H2. The lowest BCUT2D eigenvalue weighted by Gasteiger charge is -2.03. The van der Waals surface area contributed by atoms with Gasteiger partial charge in [-0.25, -0.2) is 9.97 Å². The van der Waals surface area contributed by atoms with E-state index in [2.05, 4.69) is 9.97 Å². The van der Waals surface area contributed by atoms with Gasteiger partial charge in [0.25, 0.3) is 0 Å². The third-order valence-corrected chi connectivity index (χ3v) is 3.25.